The largest absolute Gasteiger partial charge is 0.250 e. The van der Waals surface area contributed by atoms with Gasteiger partial charge in [-0.1, -0.05) is 15.9 Å². The molecule has 0 saturated carbocycles. The van der Waals surface area contributed by atoms with Gasteiger partial charge in [-0.2, -0.15) is 0 Å². The van der Waals surface area contributed by atoms with Crippen molar-refractivity contribution >= 4 is 45.0 Å². The predicted octanol–water partition coefficient (Wildman–Crippen LogP) is 5.31. The maximum Gasteiger partial charge on any atom is 0.150 e. The van der Waals surface area contributed by atoms with Crippen molar-refractivity contribution < 1.29 is 4.39 Å². The molecule has 0 N–H and O–H groups in total. The second-order valence-corrected chi connectivity index (χ2v) is 8.11. The molecular weight excluding hydrogens is 339 g/mol. The summed E-state index contributed by atoms with van der Waals surface area (Å²) in [5.74, 6) is -0.323. The number of benzene rings is 1. The lowest BCUT2D eigenvalue weighted by atomic mass is 10.1. The second kappa shape index (κ2) is 5.82. The number of hydrogen-bond donors (Lipinski definition) is 0. The molecule has 2 aromatic rings. The first-order valence-electron chi connectivity index (χ1n) is 6.24. The first kappa shape index (κ1) is 15.4. The lowest BCUT2D eigenvalue weighted by Crippen LogP contribution is -2.05. The summed E-state index contributed by atoms with van der Waals surface area (Å²) in [6.45, 7) is 8.15. The fourth-order valence-corrected chi connectivity index (χ4v) is 2.67. The number of hydrogen-bond acceptors (Lipinski definition) is 3. The normalized spacial score (nSPS) is 12.5. The van der Waals surface area contributed by atoms with Gasteiger partial charge < -0.3 is 0 Å². The third kappa shape index (κ3) is 3.79. The third-order valence-corrected chi connectivity index (χ3v) is 3.73. The molecule has 106 valence electrons. The number of fused-ring (bicyclic) bond motifs is 1. The van der Waals surface area contributed by atoms with Gasteiger partial charge in [0.15, 0.2) is 5.82 Å². The van der Waals surface area contributed by atoms with Crippen molar-refractivity contribution in [2.45, 2.75) is 32.4 Å². The zero-order chi connectivity index (χ0) is 14.9. The number of aromatic nitrogens is 1. The van der Waals surface area contributed by atoms with Gasteiger partial charge in [0.1, 0.15) is 5.52 Å². The highest BCUT2D eigenvalue weighted by Crippen LogP contribution is 2.27. The molecule has 0 saturated heterocycles. The topological polar surface area (TPSA) is 25.2 Å². The second-order valence-electron chi connectivity index (χ2n) is 5.57. The number of pyridine rings is 1. The van der Waals surface area contributed by atoms with Crippen LogP contribution in [0.5, 0.6) is 0 Å². The summed E-state index contributed by atoms with van der Waals surface area (Å²) in [4.78, 5) is 4.27. The smallest absolute Gasteiger partial charge is 0.150 e. The summed E-state index contributed by atoms with van der Waals surface area (Å²) in [6, 6.07) is 5.22. The van der Waals surface area contributed by atoms with Crippen LogP contribution in [-0.4, -0.2) is 15.9 Å². The molecule has 0 aliphatic heterocycles. The Bertz CT molecular complexity index is 678. The van der Waals surface area contributed by atoms with E-state index in [1.165, 1.54) is 18.0 Å². The molecule has 0 fully saturated rings. The van der Waals surface area contributed by atoms with Gasteiger partial charge in [0, 0.05) is 32.1 Å². The van der Waals surface area contributed by atoms with E-state index in [1.54, 1.807) is 6.21 Å². The molecule has 2 nitrogen and oxygen atoms in total. The van der Waals surface area contributed by atoms with Crippen LogP contribution in [0.25, 0.3) is 10.9 Å². The van der Waals surface area contributed by atoms with Crippen LogP contribution in [0.1, 0.15) is 32.0 Å². The Morgan fingerprint density at radius 2 is 2.00 bits per heavy atom. The van der Waals surface area contributed by atoms with E-state index in [2.05, 4.69) is 46.1 Å². The summed E-state index contributed by atoms with van der Waals surface area (Å²) < 4.78 is 19.1. The van der Waals surface area contributed by atoms with Gasteiger partial charge in [-0.3, -0.25) is 4.98 Å². The molecule has 1 aromatic carbocycles. The molecule has 0 spiro atoms. The van der Waals surface area contributed by atoms with Crippen molar-refractivity contribution in [3.63, 3.8) is 0 Å². The number of aryl methyl sites for hydroxylation is 1. The van der Waals surface area contributed by atoms with E-state index in [4.69, 9.17) is 0 Å². The molecule has 0 bridgehead atoms. The number of rotatable bonds is 2. The summed E-state index contributed by atoms with van der Waals surface area (Å²) in [5, 5.41) is 0.765. The maximum absolute atomic E-state index is 14.0. The van der Waals surface area contributed by atoms with E-state index in [1.807, 2.05) is 19.1 Å². The molecule has 0 aliphatic carbocycles. The van der Waals surface area contributed by atoms with E-state index in [-0.39, 0.29) is 10.6 Å². The van der Waals surface area contributed by atoms with Gasteiger partial charge in [0.05, 0.1) is 0 Å². The Morgan fingerprint density at radius 3 is 2.65 bits per heavy atom. The molecule has 0 atom stereocenters. The fourth-order valence-electron chi connectivity index (χ4n) is 1.76. The molecule has 0 unspecified atom stereocenters. The van der Waals surface area contributed by atoms with E-state index < -0.39 is 0 Å². The predicted molar refractivity (Wildman–Crippen MR) is 89.1 cm³/mol. The molecule has 5 heteroatoms. The van der Waals surface area contributed by atoms with Crippen molar-refractivity contribution in [2.24, 2.45) is 4.40 Å². The lowest BCUT2D eigenvalue weighted by Gasteiger charge is -2.12. The highest BCUT2D eigenvalue weighted by molar-refractivity contribution is 9.10. The summed E-state index contributed by atoms with van der Waals surface area (Å²) in [7, 11) is 0. The first-order valence-corrected chi connectivity index (χ1v) is 7.81. The van der Waals surface area contributed by atoms with Crippen LogP contribution >= 0.6 is 27.9 Å². The molecule has 20 heavy (non-hydrogen) atoms. The van der Waals surface area contributed by atoms with Gasteiger partial charge in [-0.15, -0.1) is 0 Å². The lowest BCUT2D eigenvalue weighted by molar-refractivity contribution is 0.635. The van der Waals surface area contributed by atoms with Crippen LogP contribution in [0.3, 0.4) is 0 Å². The standard InChI is InChI=1S/C15H16BrFN2S/c1-9-5-10(8-18-20-15(2,3)4)12-6-11(16)7-13(17)14(12)19-9/h5-8H,1-4H3. The molecule has 0 radical (unpaired) electrons. The average Bonchev–Trinajstić information content (AvgIpc) is 2.29. The van der Waals surface area contributed by atoms with E-state index in [9.17, 15) is 4.39 Å². The molecular formula is C15H16BrFN2S. The van der Waals surface area contributed by atoms with Crippen LogP contribution in [0.2, 0.25) is 0 Å². The summed E-state index contributed by atoms with van der Waals surface area (Å²) >= 11 is 4.81. The van der Waals surface area contributed by atoms with Crippen LogP contribution in [0.15, 0.2) is 27.1 Å². The molecule has 0 amide bonds. The van der Waals surface area contributed by atoms with E-state index in [0.717, 1.165) is 16.6 Å². The first-order chi connectivity index (χ1) is 9.26. The molecule has 2 rings (SSSR count). The quantitative estimate of drug-likeness (QED) is 0.539. The van der Waals surface area contributed by atoms with E-state index in [0.29, 0.717) is 9.99 Å². The average molecular weight is 355 g/mol. The van der Waals surface area contributed by atoms with Crippen molar-refractivity contribution in [2.75, 3.05) is 0 Å². The number of nitrogens with zero attached hydrogens (tertiary/aromatic N) is 2. The van der Waals surface area contributed by atoms with Crippen LogP contribution in [0, 0.1) is 12.7 Å². The van der Waals surface area contributed by atoms with Crippen molar-refractivity contribution in [1.82, 2.24) is 4.98 Å². The van der Waals surface area contributed by atoms with Gasteiger partial charge >= 0.3 is 0 Å². The Hall–Kier alpha value is -0.940. The van der Waals surface area contributed by atoms with Crippen molar-refractivity contribution in [3.8, 4) is 0 Å². The monoisotopic (exact) mass is 354 g/mol. The van der Waals surface area contributed by atoms with E-state index >= 15 is 0 Å². The van der Waals surface area contributed by atoms with Gasteiger partial charge in [-0.25, -0.2) is 8.79 Å². The third-order valence-electron chi connectivity index (χ3n) is 2.51. The summed E-state index contributed by atoms with van der Waals surface area (Å²) in [5.41, 5.74) is 2.04. The van der Waals surface area contributed by atoms with Gasteiger partial charge in [0.2, 0.25) is 0 Å². The van der Waals surface area contributed by atoms with Gasteiger partial charge in [-0.05, 0) is 57.8 Å². The minimum absolute atomic E-state index is 0.0558. The SMILES string of the molecule is Cc1cc(C=NSC(C)(C)C)c2cc(Br)cc(F)c2n1. The van der Waals surface area contributed by atoms with Gasteiger partial charge in [0.25, 0.3) is 0 Å². The fraction of sp³-hybridized carbons (Fsp3) is 0.333. The Balaban J connectivity index is 2.52. The highest BCUT2D eigenvalue weighted by atomic mass is 79.9. The molecule has 0 aliphatic rings. The van der Waals surface area contributed by atoms with Crippen LogP contribution < -0.4 is 0 Å². The molecule has 1 heterocycles. The zero-order valence-corrected chi connectivity index (χ0v) is 14.3. The molecule has 1 aromatic heterocycles. The Morgan fingerprint density at radius 1 is 1.30 bits per heavy atom. The minimum Gasteiger partial charge on any atom is -0.250 e. The maximum atomic E-state index is 14.0. The van der Waals surface area contributed by atoms with Crippen LogP contribution in [0.4, 0.5) is 4.39 Å². The minimum atomic E-state index is -0.323. The zero-order valence-electron chi connectivity index (χ0n) is 11.9. The van der Waals surface area contributed by atoms with Crippen LogP contribution in [-0.2, 0) is 0 Å². The summed E-state index contributed by atoms with van der Waals surface area (Å²) in [6.07, 6.45) is 1.78. The number of halogens is 2. The van der Waals surface area contributed by atoms with Crippen molar-refractivity contribution in [1.29, 1.82) is 0 Å². The van der Waals surface area contributed by atoms with Crippen molar-refractivity contribution in [3.05, 3.63) is 39.7 Å². The highest BCUT2D eigenvalue weighted by Gasteiger charge is 2.11. The Kier molecular flexibility index (Phi) is 4.49. The Labute approximate surface area is 131 Å².